The molecule has 0 spiro atoms. The maximum Gasteiger partial charge on any atom is 0.224 e. The van der Waals surface area contributed by atoms with Crippen molar-refractivity contribution in [3.8, 4) is 0 Å². The Balaban J connectivity index is 1.53. The van der Waals surface area contributed by atoms with Crippen molar-refractivity contribution in [2.24, 2.45) is 0 Å². The third kappa shape index (κ3) is 3.67. The number of hydrogen-bond donors (Lipinski definition) is 1. The van der Waals surface area contributed by atoms with Crippen LogP contribution in [0.4, 0.5) is 0 Å². The van der Waals surface area contributed by atoms with Crippen molar-refractivity contribution in [1.82, 2.24) is 5.32 Å². The number of fused-ring (bicyclic) bond motifs is 1. The van der Waals surface area contributed by atoms with Gasteiger partial charge in [-0.05, 0) is 46.5 Å². The normalized spacial score (nSPS) is 10.8. The molecule has 0 saturated heterocycles. The average Bonchev–Trinajstić information content (AvgIpc) is 2.93. The highest BCUT2D eigenvalue weighted by atomic mass is 35.5. The Morgan fingerprint density at radius 2 is 1.86 bits per heavy atom. The fourth-order valence-electron chi connectivity index (χ4n) is 2.40. The number of carbonyl (C=O) groups excluding carboxylic acids is 1. The van der Waals surface area contributed by atoms with Gasteiger partial charge in [-0.2, -0.15) is 0 Å². The van der Waals surface area contributed by atoms with Crippen molar-refractivity contribution in [1.29, 1.82) is 0 Å². The predicted octanol–water partition coefficient (Wildman–Crippen LogP) is 4.46. The molecule has 2 aromatic carbocycles. The molecule has 0 aliphatic heterocycles. The third-order valence-electron chi connectivity index (χ3n) is 3.56. The molecular weight excluding hydrogens is 314 g/mol. The third-order valence-corrected chi connectivity index (χ3v) is 4.83. The van der Waals surface area contributed by atoms with Crippen LogP contribution < -0.4 is 5.32 Å². The summed E-state index contributed by atoms with van der Waals surface area (Å²) >= 11 is 7.54. The fourth-order valence-corrected chi connectivity index (χ4v) is 3.49. The summed E-state index contributed by atoms with van der Waals surface area (Å²) in [6, 6.07) is 15.9. The molecule has 0 bridgehead atoms. The number of halogens is 1. The van der Waals surface area contributed by atoms with Gasteiger partial charge in [-0.25, -0.2) is 0 Å². The van der Waals surface area contributed by atoms with E-state index in [4.69, 9.17) is 11.6 Å². The molecule has 112 valence electrons. The Morgan fingerprint density at radius 1 is 1.09 bits per heavy atom. The number of rotatable bonds is 5. The molecule has 4 heteroatoms. The Bertz CT molecular complexity index is 779. The van der Waals surface area contributed by atoms with Crippen molar-refractivity contribution in [2.45, 2.75) is 12.8 Å². The maximum atomic E-state index is 12.1. The molecule has 3 rings (SSSR count). The molecule has 3 aromatic rings. The first-order valence-corrected chi connectivity index (χ1v) is 8.44. The van der Waals surface area contributed by atoms with Crippen molar-refractivity contribution >= 4 is 38.9 Å². The van der Waals surface area contributed by atoms with Crippen LogP contribution in [0.1, 0.15) is 11.1 Å². The van der Waals surface area contributed by atoms with Crippen LogP contribution in [-0.4, -0.2) is 12.5 Å². The number of thiophene rings is 1. The second kappa shape index (κ2) is 6.95. The Morgan fingerprint density at radius 3 is 2.68 bits per heavy atom. The molecule has 22 heavy (non-hydrogen) atoms. The van der Waals surface area contributed by atoms with Gasteiger partial charge in [0.05, 0.1) is 6.42 Å². The zero-order chi connectivity index (χ0) is 15.4. The molecule has 0 atom stereocenters. The smallest absolute Gasteiger partial charge is 0.224 e. The minimum atomic E-state index is 0.0671. The summed E-state index contributed by atoms with van der Waals surface area (Å²) < 4.78 is 1.23. The van der Waals surface area contributed by atoms with E-state index < -0.39 is 0 Å². The van der Waals surface area contributed by atoms with Crippen LogP contribution in [0.2, 0.25) is 5.02 Å². The first kappa shape index (κ1) is 15.1. The van der Waals surface area contributed by atoms with Crippen LogP contribution >= 0.6 is 22.9 Å². The summed E-state index contributed by atoms with van der Waals surface area (Å²) in [5.41, 5.74) is 2.27. The molecule has 1 N–H and O–H groups in total. The van der Waals surface area contributed by atoms with E-state index in [0.29, 0.717) is 13.0 Å². The van der Waals surface area contributed by atoms with E-state index in [1.54, 1.807) is 11.3 Å². The van der Waals surface area contributed by atoms with Gasteiger partial charge >= 0.3 is 0 Å². The van der Waals surface area contributed by atoms with Gasteiger partial charge in [0, 0.05) is 16.3 Å². The van der Waals surface area contributed by atoms with Gasteiger partial charge in [0.2, 0.25) is 5.91 Å². The van der Waals surface area contributed by atoms with Crippen molar-refractivity contribution in [2.75, 3.05) is 6.54 Å². The van der Waals surface area contributed by atoms with Crippen LogP contribution in [0.15, 0.2) is 53.9 Å². The molecular formula is C18H16ClNOS. The van der Waals surface area contributed by atoms with E-state index in [-0.39, 0.29) is 5.91 Å². The summed E-state index contributed by atoms with van der Waals surface area (Å²) in [7, 11) is 0. The van der Waals surface area contributed by atoms with Gasteiger partial charge in [-0.1, -0.05) is 41.9 Å². The molecule has 1 aromatic heterocycles. The zero-order valence-electron chi connectivity index (χ0n) is 12.0. The maximum absolute atomic E-state index is 12.1. The van der Waals surface area contributed by atoms with Gasteiger partial charge in [-0.3, -0.25) is 4.79 Å². The van der Waals surface area contributed by atoms with E-state index in [9.17, 15) is 4.79 Å². The monoisotopic (exact) mass is 329 g/mol. The Labute approximate surface area is 138 Å². The molecule has 2 nitrogen and oxygen atoms in total. The molecule has 1 heterocycles. The van der Waals surface area contributed by atoms with Crippen LogP contribution in [0.5, 0.6) is 0 Å². The highest BCUT2D eigenvalue weighted by Crippen LogP contribution is 2.25. The van der Waals surface area contributed by atoms with Crippen LogP contribution in [0.25, 0.3) is 10.1 Å². The molecule has 0 fully saturated rings. The molecule has 0 saturated carbocycles. The minimum Gasteiger partial charge on any atom is -0.355 e. The number of nitrogens with one attached hydrogen (secondary N) is 1. The Kier molecular flexibility index (Phi) is 4.76. The standard InChI is InChI=1S/C18H16ClNOS/c19-15-7-5-13(6-8-15)9-10-20-18(21)11-14-12-22-17-4-2-1-3-16(14)17/h1-8,12H,9-11H2,(H,20,21). The highest BCUT2D eigenvalue weighted by molar-refractivity contribution is 7.17. The average molecular weight is 330 g/mol. The highest BCUT2D eigenvalue weighted by Gasteiger charge is 2.08. The predicted molar refractivity (Wildman–Crippen MR) is 93.7 cm³/mol. The van der Waals surface area contributed by atoms with E-state index in [1.165, 1.54) is 15.6 Å². The van der Waals surface area contributed by atoms with Gasteiger partial charge < -0.3 is 5.32 Å². The minimum absolute atomic E-state index is 0.0671. The lowest BCUT2D eigenvalue weighted by Crippen LogP contribution is -2.27. The summed E-state index contributed by atoms with van der Waals surface area (Å²) in [4.78, 5) is 12.1. The van der Waals surface area contributed by atoms with Gasteiger partial charge in [-0.15, -0.1) is 11.3 Å². The second-order valence-electron chi connectivity index (χ2n) is 5.16. The van der Waals surface area contributed by atoms with Gasteiger partial charge in [0.1, 0.15) is 0 Å². The lowest BCUT2D eigenvalue weighted by molar-refractivity contribution is -0.120. The van der Waals surface area contributed by atoms with E-state index >= 15 is 0 Å². The summed E-state index contributed by atoms with van der Waals surface area (Å²) in [6.07, 6.45) is 1.25. The van der Waals surface area contributed by atoms with Crippen LogP contribution in [-0.2, 0) is 17.6 Å². The summed E-state index contributed by atoms with van der Waals surface area (Å²) in [5, 5.41) is 6.97. The van der Waals surface area contributed by atoms with Crippen LogP contribution in [0.3, 0.4) is 0 Å². The summed E-state index contributed by atoms with van der Waals surface area (Å²) in [5.74, 6) is 0.0671. The fraction of sp³-hybridized carbons (Fsp3) is 0.167. The van der Waals surface area contributed by atoms with E-state index in [1.807, 2.05) is 36.4 Å². The molecule has 1 amide bonds. The zero-order valence-corrected chi connectivity index (χ0v) is 13.6. The lowest BCUT2D eigenvalue weighted by Gasteiger charge is -2.05. The van der Waals surface area contributed by atoms with E-state index in [0.717, 1.165) is 17.0 Å². The van der Waals surface area contributed by atoms with Crippen molar-refractivity contribution in [3.05, 3.63) is 70.1 Å². The largest absolute Gasteiger partial charge is 0.355 e. The quantitative estimate of drug-likeness (QED) is 0.736. The lowest BCUT2D eigenvalue weighted by atomic mass is 10.1. The van der Waals surface area contributed by atoms with E-state index in [2.05, 4.69) is 22.8 Å². The van der Waals surface area contributed by atoms with Gasteiger partial charge in [0.25, 0.3) is 0 Å². The first-order chi connectivity index (χ1) is 10.7. The second-order valence-corrected chi connectivity index (χ2v) is 6.51. The number of benzene rings is 2. The molecule has 0 aliphatic carbocycles. The number of amides is 1. The van der Waals surface area contributed by atoms with Crippen molar-refractivity contribution < 1.29 is 4.79 Å². The summed E-state index contributed by atoms with van der Waals surface area (Å²) in [6.45, 7) is 0.641. The van der Waals surface area contributed by atoms with Crippen LogP contribution in [0, 0.1) is 0 Å². The number of hydrogen-bond acceptors (Lipinski definition) is 2. The SMILES string of the molecule is O=C(Cc1csc2ccccc12)NCCc1ccc(Cl)cc1. The molecule has 0 unspecified atom stereocenters. The first-order valence-electron chi connectivity index (χ1n) is 7.18. The number of carbonyl (C=O) groups is 1. The Hall–Kier alpha value is -1.84. The molecule has 0 aliphatic rings. The van der Waals surface area contributed by atoms with Gasteiger partial charge in [0.15, 0.2) is 0 Å². The van der Waals surface area contributed by atoms with Crippen molar-refractivity contribution in [3.63, 3.8) is 0 Å². The topological polar surface area (TPSA) is 29.1 Å². The molecule has 0 radical (unpaired) electrons.